The van der Waals surface area contributed by atoms with Crippen LogP contribution in [0.5, 0.6) is 0 Å². The van der Waals surface area contributed by atoms with Gasteiger partial charge in [0.05, 0.1) is 0 Å². The predicted molar refractivity (Wildman–Crippen MR) is 91.9 cm³/mol. The number of Topliss-reactive ketones (excluding diaryl/α,β-unsaturated/α-hetero) is 1. The zero-order valence-corrected chi connectivity index (χ0v) is 13.8. The Balaban J connectivity index is 3.19. The van der Waals surface area contributed by atoms with Gasteiger partial charge in [0.1, 0.15) is 10.3 Å². The van der Waals surface area contributed by atoms with Crippen LogP contribution in [0, 0.1) is 0 Å². The molecule has 22 heavy (non-hydrogen) atoms. The van der Waals surface area contributed by atoms with Crippen LogP contribution in [-0.2, 0) is 9.59 Å². The van der Waals surface area contributed by atoms with Crippen molar-refractivity contribution in [2.45, 2.75) is 25.0 Å². The van der Waals surface area contributed by atoms with Crippen LogP contribution in [0.1, 0.15) is 25.8 Å². The summed E-state index contributed by atoms with van der Waals surface area (Å²) in [6.07, 6.45) is 7.27. The topological polar surface area (TPSA) is 54.4 Å². The van der Waals surface area contributed by atoms with Gasteiger partial charge in [-0.2, -0.15) is 0 Å². The molecule has 1 unspecified atom stereocenters. The standard InChI is InChI=1S/C18H20O3S/c1-4-18(22-3,14(2)19)16(17(20)21)13-9-8-12-15-10-6-5-7-11-15/h5-12H,4H2,1-3H3,(H,20,21). The van der Waals surface area contributed by atoms with E-state index in [2.05, 4.69) is 5.73 Å². The lowest BCUT2D eigenvalue weighted by Gasteiger charge is -2.27. The Labute approximate surface area is 135 Å². The second kappa shape index (κ2) is 8.42. The molecule has 4 heteroatoms. The minimum absolute atomic E-state index is 0.00675. The second-order valence-corrected chi connectivity index (χ2v) is 5.81. The van der Waals surface area contributed by atoms with E-state index < -0.39 is 10.7 Å². The fourth-order valence-electron chi connectivity index (χ4n) is 2.20. The van der Waals surface area contributed by atoms with Crippen molar-refractivity contribution in [2.75, 3.05) is 6.26 Å². The molecule has 0 spiro atoms. The molecule has 0 saturated heterocycles. The molecule has 0 amide bonds. The molecule has 0 aliphatic rings. The second-order valence-electron chi connectivity index (χ2n) is 4.70. The number of rotatable bonds is 7. The maximum absolute atomic E-state index is 12.0. The van der Waals surface area contributed by atoms with Crippen molar-refractivity contribution in [3.05, 3.63) is 59.4 Å². The number of carboxylic acid groups (broad SMARTS) is 1. The number of allylic oxidation sites excluding steroid dienone is 1. The van der Waals surface area contributed by atoms with E-state index in [0.717, 1.165) is 5.56 Å². The van der Waals surface area contributed by atoms with Gasteiger partial charge in [-0.25, -0.2) is 4.79 Å². The SMILES string of the molecule is CCC(SC)(C(C)=O)C(=C=CC=Cc1ccccc1)C(=O)O. The number of carboxylic acids is 1. The fourth-order valence-corrected chi connectivity index (χ4v) is 3.12. The summed E-state index contributed by atoms with van der Waals surface area (Å²) < 4.78 is -1.05. The first-order chi connectivity index (χ1) is 10.5. The van der Waals surface area contributed by atoms with Crippen molar-refractivity contribution < 1.29 is 14.7 Å². The van der Waals surface area contributed by atoms with Crippen LogP contribution in [0.15, 0.2) is 53.8 Å². The van der Waals surface area contributed by atoms with Gasteiger partial charge in [0, 0.05) is 0 Å². The van der Waals surface area contributed by atoms with E-state index in [1.165, 1.54) is 18.7 Å². The van der Waals surface area contributed by atoms with Gasteiger partial charge in [-0.1, -0.05) is 49.4 Å². The zero-order chi connectivity index (χ0) is 16.6. The van der Waals surface area contributed by atoms with E-state index in [9.17, 15) is 14.7 Å². The van der Waals surface area contributed by atoms with Crippen LogP contribution in [0.4, 0.5) is 0 Å². The summed E-state index contributed by atoms with van der Waals surface area (Å²) in [5.74, 6) is -1.29. The molecule has 0 aliphatic carbocycles. The molecule has 0 radical (unpaired) electrons. The molecule has 1 rings (SSSR count). The molecule has 1 N–H and O–H groups in total. The number of hydrogen-bond donors (Lipinski definition) is 1. The summed E-state index contributed by atoms with van der Waals surface area (Å²) in [5, 5.41) is 9.43. The minimum Gasteiger partial charge on any atom is -0.477 e. The summed E-state index contributed by atoms with van der Waals surface area (Å²) in [4.78, 5) is 23.5. The van der Waals surface area contributed by atoms with E-state index in [1.807, 2.05) is 43.3 Å². The monoisotopic (exact) mass is 316 g/mol. The van der Waals surface area contributed by atoms with E-state index in [-0.39, 0.29) is 11.4 Å². The molecule has 0 heterocycles. The molecule has 0 aliphatic heterocycles. The molecule has 1 aromatic carbocycles. The predicted octanol–water partition coefficient (Wildman–Crippen LogP) is 3.97. The smallest absolute Gasteiger partial charge is 0.341 e. The average molecular weight is 316 g/mol. The largest absolute Gasteiger partial charge is 0.477 e. The lowest BCUT2D eigenvalue weighted by Crippen LogP contribution is -2.37. The van der Waals surface area contributed by atoms with E-state index in [1.54, 1.807) is 18.4 Å². The minimum atomic E-state index is -1.12. The third kappa shape index (κ3) is 4.23. The van der Waals surface area contributed by atoms with Crippen molar-refractivity contribution in [3.63, 3.8) is 0 Å². The van der Waals surface area contributed by atoms with Crippen LogP contribution in [0.3, 0.4) is 0 Å². The molecule has 0 bridgehead atoms. The number of ketones is 1. The number of thioether (sulfide) groups is 1. The highest BCUT2D eigenvalue weighted by Crippen LogP contribution is 2.35. The number of carbonyl (C=O) groups is 2. The Morgan fingerprint density at radius 1 is 1.32 bits per heavy atom. The lowest BCUT2D eigenvalue weighted by molar-refractivity contribution is -0.134. The first-order valence-corrected chi connectivity index (χ1v) is 8.18. The van der Waals surface area contributed by atoms with Crippen molar-refractivity contribution >= 4 is 29.6 Å². The van der Waals surface area contributed by atoms with Crippen LogP contribution < -0.4 is 0 Å². The third-order valence-electron chi connectivity index (χ3n) is 3.44. The van der Waals surface area contributed by atoms with Crippen molar-refractivity contribution in [3.8, 4) is 0 Å². The van der Waals surface area contributed by atoms with E-state index in [0.29, 0.717) is 6.42 Å². The summed E-state index contributed by atoms with van der Waals surface area (Å²) in [6, 6.07) is 9.66. The quantitative estimate of drug-likeness (QED) is 0.470. The summed E-state index contributed by atoms with van der Waals surface area (Å²) in [6.45, 7) is 3.23. The Morgan fingerprint density at radius 2 is 1.95 bits per heavy atom. The summed E-state index contributed by atoms with van der Waals surface area (Å²) in [7, 11) is 0. The number of benzene rings is 1. The molecule has 3 nitrogen and oxygen atoms in total. The highest BCUT2D eigenvalue weighted by molar-refractivity contribution is 8.01. The number of hydrogen-bond acceptors (Lipinski definition) is 3. The van der Waals surface area contributed by atoms with Crippen molar-refractivity contribution in [2.24, 2.45) is 0 Å². The van der Waals surface area contributed by atoms with E-state index in [4.69, 9.17) is 0 Å². The van der Waals surface area contributed by atoms with Crippen LogP contribution >= 0.6 is 11.8 Å². The van der Waals surface area contributed by atoms with Gasteiger partial charge in [0.2, 0.25) is 0 Å². The van der Waals surface area contributed by atoms with Crippen molar-refractivity contribution in [1.29, 1.82) is 0 Å². The average Bonchev–Trinajstić information content (AvgIpc) is 2.51. The molecule has 0 saturated carbocycles. The number of carbonyl (C=O) groups excluding carboxylic acids is 1. The van der Waals surface area contributed by atoms with Gasteiger partial charge >= 0.3 is 5.97 Å². The summed E-state index contributed by atoms with van der Waals surface area (Å²) in [5.41, 5.74) is 3.78. The first kappa shape index (κ1) is 18.0. The van der Waals surface area contributed by atoms with Crippen LogP contribution in [0.25, 0.3) is 6.08 Å². The highest BCUT2D eigenvalue weighted by atomic mass is 32.2. The maximum Gasteiger partial charge on any atom is 0.341 e. The van der Waals surface area contributed by atoms with Gasteiger partial charge < -0.3 is 5.11 Å². The Hall–Kier alpha value is -2.03. The molecule has 116 valence electrons. The first-order valence-electron chi connectivity index (χ1n) is 6.96. The zero-order valence-electron chi connectivity index (χ0n) is 13.0. The lowest BCUT2D eigenvalue weighted by atomic mass is 9.91. The molecular formula is C18H20O3S. The Morgan fingerprint density at radius 3 is 2.41 bits per heavy atom. The maximum atomic E-state index is 12.0. The molecule has 0 aromatic heterocycles. The number of aliphatic carboxylic acids is 1. The third-order valence-corrected chi connectivity index (χ3v) is 4.92. The molecular weight excluding hydrogens is 296 g/mol. The molecule has 1 atom stereocenters. The molecule has 0 fully saturated rings. The highest BCUT2D eigenvalue weighted by Gasteiger charge is 2.40. The van der Waals surface area contributed by atoms with Crippen LogP contribution in [-0.4, -0.2) is 27.9 Å². The molecule has 1 aromatic rings. The summed E-state index contributed by atoms with van der Waals surface area (Å²) >= 11 is 1.24. The van der Waals surface area contributed by atoms with Gasteiger partial charge in [-0.05, 0) is 31.2 Å². The van der Waals surface area contributed by atoms with E-state index >= 15 is 0 Å². The van der Waals surface area contributed by atoms with Crippen molar-refractivity contribution in [1.82, 2.24) is 0 Å². The van der Waals surface area contributed by atoms with Gasteiger partial charge in [-0.3, -0.25) is 4.79 Å². The van der Waals surface area contributed by atoms with Gasteiger partial charge in [0.25, 0.3) is 0 Å². The van der Waals surface area contributed by atoms with Gasteiger partial charge in [-0.15, -0.1) is 17.5 Å². The van der Waals surface area contributed by atoms with Gasteiger partial charge in [0.15, 0.2) is 5.78 Å². The van der Waals surface area contributed by atoms with Crippen LogP contribution in [0.2, 0.25) is 0 Å². The fraction of sp³-hybridized carbons (Fsp3) is 0.278. The normalized spacial score (nSPS) is 13.2. The Bertz CT molecular complexity index is 619. The Kier molecular flexibility index (Phi) is 6.90.